The van der Waals surface area contributed by atoms with Crippen LogP contribution >= 0.6 is 17.0 Å². The molecule has 0 aliphatic carbocycles. The zero-order chi connectivity index (χ0) is 7.82. The second-order valence-corrected chi connectivity index (χ2v) is 5.45. The molecule has 0 spiro atoms. The molecule has 0 atom stereocenters. The number of rotatable bonds is 6. The molecule has 0 N–H and O–H groups in total. The number of halogens is 1. The Balaban J connectivity index is 0. The van der Waals surface area contributed by atoms with Crippen LogP contribution in [0.3, 0.4) is 0 Å². The molecule has 0 unspecified atom stereocenters. The van der Waals surface area contributed by atoms with Gasteiger partial charge in [0.2, 0.25) is 0 Å². The van der Waals surface area contributed by atoms with Gasteiger partial charge in [0.15, 0.2) is 0 Å². The molecule has 3 nitrogen and oxygen atoms in total. The number of hydrogen-bond donors (Lipinski definition) is 0. The summed E-state index contributed by atoms with van der Waals surface area (Å²) >= 11 is -2.26. The van der Waals surface area contributed by atoms with E-state index in [1.165, 1.54) is 0 Å². The maximum absolute atomic E-state index is 5.28. The van der Waals surface area contributed by atoms with E-state index in [0.29, 0.717) is 19.8 Å². The van der Waals surface area contributed by atoms with E-state index in [1.54, 1.807) is 0 Å². The summed E-state index contributed by atoms with van der Waals surface area (Å²) in [6.07, 6.45) is 0. The van der Waals surface area contributed by atoms with Gasteiger partial charge in [-0.15, -0.1) is 17.0 Å². The summed E-state index contributed by atoms with van der Waals surface area (Å²) in [6.45, 7) is 7.98. The van der Waals surface area contributed by atoms with Gasteiger partial charge in [-0.05, 0) is 0 Å². The van der Waals surface area contributed by atoms with Crippen LogP contribution in [-0.4, -0.2) is 40.8 Å². The first-order valence-corrected chi connectivity index (χ1v) is 7.10. The van der Waals surface area contributed by atoms with Crippen molar-refractivity contribution in [3.8, 4) is 0 Å². The van der Waals surface area contributed by atoms with E-state index in [2.05, 4.69) is 0 Å². The van der Waals surface area contributed by atoms with E-state index in [4.69, 9.17) is 9.22 Å². The van der Waals surface area contributed by atoms with E-state index in [1.807, 2.05) is 20.8 Å². The summed E-state index contributed by atoms with van der Waals surface area (Å²) in [5.41, 5.74) is 0. The zero-order valence-electron chi connectivity index (χ0n) is 7.25. The molecule has 0 amide bonds. The fraction of sp³-hybridized carbons (Fsp3) is 1.00. The van der Waals surface area contributed by atoms with Gasteiger partial charge < -0.3 is 0 Å². The molecule has 0 aliphatic heterocycles. The van der Waals surface area contributed by atoms with Crippen molar-refractivity contribution in [1.82, 2.24) is 0 Å². The molecule has 0 bridgehead atoms. The monoisotopic (exact) mass is 335 g/mol. The standard InChI is InChI=1S/3C2H5O.BrH.Sn/c3*1-2-3;;/h3*2H2,1H3;1H;/q3*-1;;+3. The Morgan fingerprint density at radius 3 is 1.27 bits per heavy atom. The summed E-state index contributed by atoms with van der Waals surface area (Å²) in [4.78, 5) is 0. The van der Waals surface area contributed by atoms with Gasteiger partial charge >= 0.3 is 70.8 Å². The van der Waals surface area contributed by atoms with Gasteiger partial charge in [-0.2, -0.15) is 0 Å². The maximum atomic E-state index is 5.28. The molecule has 1 radical (unpaired) electrons. The first kappa shape index (κ1) is 14.7. The molecule has 0 aromatic heterocycles. The molecule has 0 fully saturated rings. The molecule has 11 heavy (non-hydrogen) atoms. The van der Waals surface area contributed by atoms with Gasteiger partial charge in [0.25, 0.3) is 0 Å². The summed E-state index contributed by atoms with van der Waals surface area (Å²) in [5, 5.41) is 0. The fourth-order valence-corrected chi connectivity index (χ4v) is 3.21. The minimum absolute atomic E-state index is 0. The van der Waals surface area contributed by atoms with Gasteiger partial charge in [-0.1, -0.05) is 0 Å². The normalized spacial score (nSPS) is 9.82. The van der Waals surface area contributed by atoms with Crippen molar-refractivity contribution >= 4 is 38.0 Å². The average molecular weight is 335 g/mol. The summed E-state index contributed by atoms with van der Waals surface area (Å²) in [7, 11) is 0. The molecule has 0 saturated carbocycles. The minimum atomic E-state index is -2.26. The fourth-order valence-electron chi connectivity index (χ4n) is 0.479. The average Bonchev–Trinajstić information content (AvgIpc) is 1.90. The van der Waals surface area contributed by atoms with Crippen LogP contribution < -0.4 is 0 Å². The van der Waals surface area contributed by atoms with Crippen LogP contribution in [0.1, 0.15) is 20.8 Å². The SMILES string of the molecule is Br.CC[O][Sn]([O]CC)[O]CC. The van der Waals surface area contributed by atoms with E-state index in [-0.39, 0.29) is 17.0 Å². The van der Waals surface area contributed by atoms with Gasteiger partial charge in [-0.25, -0.2) is 0 Å². The van der Waals surface area contributed by atoms with Crippen LogP contribution in [0, 0.1) is 0 Å². The molecule has 0 rings (SSSR count). The second-order valence-electron chi connectivity index (χ2n) is 1.55. The third-order valence-corrected chi connectivity index (χ3v) is 5.28. The van der Waals surface area contributed by atoms with Crippen molar-refractivity contribution in [3.05, 3.63) is 0 Å². The van der Waals surface area contributed by atoms with Gasteiger partial charge in [0.05, 0.1) is 0 Å². The third kappa shape index (κ3) is 9.07. The molecule has 0 heterocycles. The Hall–Kier alpha value is 1.16. The van der Waals surface area contributed by atoms with Gasteiger partial charge in [0.1, 0.15) is 0 Å². The van der Waals surface area contributed by atoms with Gasteiger partial charge in [0, 0.05) is 0 Å². The second kappa shape index (κ2) is 11.2. The number of hydrogen-bond acceptors (Lipinski definition) is 3. The van der Waals surface area contributed by atoms with E-state index >= 15 is 0 Å². The van der Waals surface area contributed by atoms with Crippen molar-refractivity contribution in [1.29, 1.82) is 0 Å². The molecular formula is C6H16BrO3Sn. The predicted molar refractivity (Wildman–Crippen MR) is 51.0 cm³/mol. The summed E-state index contributed by atoms with van der Waals surface area (Å²) in [5.74, 6) is 0. The predicted octanol–water partition coefficient (Wildman–Crippen LogP) is 1.66. The van der Waals surface area contributed by atoms with Crippen molar-refractivity contribution in [2.75, 3.05) is 19.8 Å². The molecule has 5 heteroatoms. The Morgan fingerprint density at radius 2 is 1.09 bits per heavy atom. The molecular weight excluding hydrogens is 319 g/mol. The zero-order valence-corrected chi connectivity index (χ0v) is 11.8. The van der Waals surface area contributed by atoms with Crippen LogP contribution in [0.15, 0.2) is 0 Å². The third-order valence-electron chi connectivity index (χ3n) is 0.787. The van der Waals surface area contributed by atoms with E-state index < -0.39 is 21.0 Å². The molecule has 69 valence electrons. The summed E-state index contributed by atoms with van der Waals surface area (Å²) in [6, 6.07) is 0. The first-order chi connectivity index (χ1) is 4.85. The van der Waals surface area contributed by atoms with Crippen LogP contribution in [0.4, 0.5) is 0 Å². The van der Waals surface area contributed by atoms with Crippen LogP contribution in [0.2, 0.25) is 0 Å². The van der Waals surface area contributed by atoms with Crippen LogP contribution in [-0.2, 0) is 9.22 Å². The summed E-state index contributed by atoms with van der Waals surface area (Å²) < 4.78 is 15.8. The Kier molecular flexibility index (Phi) is 14.9. The van der Waals surface area contributed by atoms with Crippen molar-refractivity contribution in [2.45, 2.75) is 20.8 Å². The first-order valence-electron chi connectivity index (χ1n) is 3.60. The van der Waals surface area contributed by atoms with Gasteiger partial charge in [-0.3, -0.25) is 0 Å². The Morgan fingerprint density at radius 1 is 0.818 bits per heavy atom. The van der Waals surface area contributed by atoms with Crippen LogP contribution in [0.25, 0.3) is 0 Å². The van der Waals surface area contributed by atoms with Crippen molar-refractivity contribution in [2.24, 2.45) is 0 Å². The van der Waals surface area contributed by atoms with Crippen LogP contribution in [0.5, 0.6) is 0 Å². The molecule has 0 aliphatic rings. The Labute approximate surface area is 87.5 Å². The van der Waals surface area contributed by atoms with Crippen molar-refractivity contribution in [3.63, 3.8) is 0 Å². The van der Waals surface area contributed by atoms with E-state index in [0.717, 1.165) is 0 Å². The van der Waals surface area contributed by atoms with Crippen molar-refractivity contribution < 1.29 is 9.22 Å². The topological polar surface area (TPSA) is 27.7 Å². The Bertz CT molecular complexity index is 60.6. The quantitative estimate of drug-likeness (QED) is 0.691. The molecule has 0 aromatic rings. The molecule has 0 saturated heterocycles. The molecule has 0 aromatic carbocycles. The van der Waals surface area contributed by atoms with E-state index in [9.17, 15) is 0 Å².